The average Bonchev–Trinajstić information content (AvgIpc) is 3.09. The fourth-order valence-electron chi connectivity index (χ4n) is 4.78. The van der Waals surface area contributed by atoms with E-state index in [0.717, 1.165) is 36.0 Å². The number of benzene rings is 2. The minimum absolute atomic E-state index is 0.0338. The van der Waals surface area contributed by atoms with Crippen LogP contribution >= 0.6 is 11.6 Å². The van der Waals surface area contributed by atoms with Crippen LogP contribution in [0.1, 0.15) is 74.7 Å². The third-order valence-electron chi connectivity index (χ3n) is 6.48. The lowest BCUT2D eigenvalue weighted by molar-refractivity contribution is -0.147. The Bertz CT molecular complexity index is 909. The number of hydrogen-bond acceptors (Lipinski definition) is 4. The maximum atomic E-state index is 11.6. The molecule has 4 nitrogen and oxygen atoms in total. The molecule has 5 atom stereocenters. The van der Waals surface area contributed by atoms with Gasteiger partial charge in [0.15, 0.2) is 0 Å². The zero-order valence-corrected chi connectivity index (χ0v) is 20.9. The molecule has 2 N–H and O–H groups in total. The molecule has 3 rings (SSSR count). The van der Waals surface area contributed by atoms with Crippen LogP contribution < -0.4 is 0 Å². The van der Waals surface area contributed by atoms with Gasteiger partial charge in [-0.3, -0.25) is 4.79 Å². The Morgan fingerprint density at radius 1 is 1.12 bits per heavy atom. The van der Waals surface area contributed by atoms with Crippen LogP contribution in [0, 0.1) is 5.92 Å². The molecule has 2 aromatic rings. The number of unbranched alkanes of at least 4 members (excludes halogenated alkanes) is 1. The number of halogens is 1. The molecule has 5 heteroatoms. The van der Waals surface area contributed by atoms with Crippen molar-refractivity contribution in [2.24, 2.45) is 5.92 Å². The monoisotopic (exact) mass is 484 g/mol. The summed E-state index contributed by atoms with van der Waals surface area (Å²) >= 11 is 6.62. The number of ether oxygens (including phenoxy) is 1. The van der Waals surface area contributed by atoms with Gasteiger partial charge in [-0.25, -0.2) is 0 Å². The van der Waals surface area contributed by atoms with E-state index in [0.29, 0.717) is 19.3 Å². The zero-order valence-electron chi connectivity index (χ0n) is 20.1. The summed E-state index contributed by atoms with van der Waals surface area (Å²) in [5, 5.41) is 21.3. The van der Waals surface area contributed by atoms with E-state index in [2.05, 4.69) is 12.2 Å². The van der Waals surface area contributed by atoms with Crippen LogP contribution in [-0.4, -0.2) is 33.8 Å². The molecule has 1 fully saturated rings. The van der Waals surface area contributed by atoms with Crippen molar-refractivity contribution in [1.82, 2.24) is 0 Å². The van der Waals surface area contributed by atoms with Crippen molar-refractivity contribution in [3.63, 3.8) is 0 Å². The minimum Gasteiger partial charge on any atom is -0.463 e. The average molecular weight is 485 g/mol. The molecule has 1 saturated carbocycles. The van der Waals surface area contributed by atoms with E-state index in [4.69, 9.17) is 16.3 Å². The molecule has 1 aliphatic rings. The Morgan fingerprint density at radius 2 is 1.82 bits per heavy atom. The van der Waals surface area contributed by atoms with Gasteiger partial charge in [-0.15, -0.1) is 11.6 Å². The van der Waals surface area contributed by atoms with E-state index in [1.807, 2.05) is 68.4 Å². The van der Waals surface area contributed by atoms with Crippen molar-refractivity contribution in [2.75, 3.05) is 0 Å². The number of carbonyl (C=O) groups excluding carboxylic acids is 1. The summed E-state index contributed by atoms with van der Waals surface area (Å²) in [7, 11) is 0. The maximum absolute atomic E-state index is 11.6. The van der Waals surface area contributed by atoms with Gasteiger partial charge in [-0.2, -0.15) is 0 Å². The second kappa shape index (κ2) is 13.1. The van der Waals surface area contributed by atoms with Crippen molar-refractivity contribution < 1.29 is 19.7 Å². The molecule has 0 saturated heterocycles. The molecule has 1 unspecified atom stereocenters. The summed E-state index contributed by atoms with van der Waals surface area (Å²) in [4.78, 5) is 11.6. The normalized spacial score (nSPS) is 23.5. The second-order valence-electron chi connectivity index (χ2n) is 9.52. The van der Waals surface area contributed by atoms with Gasteiger partial charge in [0.1, 0.15) is 0 Å². The molecular weight excluding hydrogens is 448 g/mol. The van der Waals surface area contributed by atoms with Gasteiger partial charge in [-0.05, 0) is 62.1 Å². The maximum Gasteiger partial charge on any atom is 0.306 e. The van der Waals surface area contributed by atoms with Gasteiger partial charge in [-0.1, -0.05) is 66.7 Å². The molecule has 0 spiro atoms. The molecule has 1 aliphatic carbocycles. The molecule has 0 aliphatic heterocycles. The predicted octanol–water partition coefficient (Wildman–Crippen LogP) is 6.10. The number of esters is 1. The standard InChI is InChI=1S/C29H37ClO4/c1-20(2)34-28(33)13-9-4-3-8-12-24-25(30)19-27(32)29(24)23-16-14-22(15-17-23)26(31)18-21-10-6-5-7-11-21/h3,5-8,10-11,14-17,20,24-27,29,31-32H,4,9,12-13,18-19H2,1-2H3/t24-,25+,26?,27+,29+/m0/s1. The van der Waals surface area contributed by atoms with Gasteiger partial charge in [0, 0.05) is 24.1 Å². The van der Waals surface area contributed by atoms with E-state index in [1.165, 1.54) is 0 Å². The largest absolute Gasteiger partial charge is 0.463 e. The van der Waals surface area contributed by atoms with Gasteiger partial charge in [0.2, 0.25) is 0 Å². The van der Waals surface area contributed by atoms with Gasteiger partial charge in [0.25, 0.3) is 0 Å². The van der Waals surface area contributed by atoms with Gasteiger partial charge >= 0.3 is 5.97 Å². The van der Waals surface area contributed by atoms with E-state index in [-0.39, 0.29) is 29.3 Å². The number of allylic oxidation sites excluding steroid dienone is 2. The third kappa shape index (κ3) is 7.69. The Balaban J connectivity index is 1.55. The molecule has 2 aromatic carbocycles. The lowest BCUT2D eigenvalue weighted by atomic mass is 9.84. The van der Waals surface area contributed by atoms with E-state index < -0.39 is 12.2 Å². The van der Waals surface area contributed by atoms with Crippen LogP contribution in [-0.2, 0) is 16.0 Å². The van der Waals surface area contributed by atoms with Crippen molar-refractivity contribution in [3.05, 3.63) is 83.4 Å². The quantitative estimate of drug-likeness (QED) is 0.175. The third-order valence-corrected chi connectivity index (χ3v) is 6.98. The van der Waals surface area contributed by atoms with Crippen molar-refractivity contribution in [1.29, 1.82) is 0 Å². The van der Waals surface area contributed by atoms with E-state index >= 15 is 0 Å². The molecule has 0 amide bonds. The van der Waals surface area contributed by atoms with Crippen LogP contribution in [0.25, 0.3) is 0 Å². The Hall–Kier alpha value is -2.14. The second-order valence-corrected chi connectivity index (χ2v) is 10.1. The van der Waals surface area contributed by atoms with Crippen LogP contribution in [0.15, 0.2) is 66.7 Å². The Labute approximate surface area is 208 Å². The number of carbonyl (C=O) groups is 1. The van der Waals surface area contributed by atoms with E-state index in [1.54, 1.807) is 0 Å². The number of aliphatic hydroxyl groups is 2. The molecule has 0 aromatic heterocycles. The highest BCUT2D eigenvalue weighted by Crippen LogP contribution is 2.45. The lowest BCUT2D eigenvalue weighted by Gasteiger charge is -2.23. The highest BCUT2D eigenvalue weighted by molar-refractivity contribution is 6.21. The minimum atomic E-state index is -0.567. The fourth-order valence-corrected chi connectivity index (χ4v) is 5.22. The topological polar surface area (TPSA) is 66.8 Å². The Kier molecular flexibility index (Phi) is 10.2. The first-order valence-electron chi connectivity index (χ1n) is 12.3. The first kappa shape index (κ1) is 26.5. The summed E-state index contributed by atoms with van der Waals surface area (Å²) in [6.45, 7) is 3.71. The summed E-state index contributed by atoms with van der Waals surface area (Å²) in [6.07, 6.45) is 7.02. The highest BCUT2D eigenvalue weighted by atomic mass is 35.5. The van der Waals surface area contributed by atoms with Crippen molar-refractivity contribution in [3.8, 4) is 0 Å². The summed E-state index contributed by atoms with van der Waals surface area (Å²) in [6, 6.07) is 17.9. The molecular formula is C29H37ClO4. The molecule has 0 heterocycles. The summed E-state index contributed by atoms with van der Waals surface area (Å²) < 4.78 is 5.16. The lowest BCUT2D eigenvalue weighted by Crippen LogP contribution is -2.18. The molecule has 34 heavy (non-hydrogen) atoms. The Morgan fingerprint density at radius 3 is 2.50 bits per heavy atom. The van der Waals surface area contributed by atoms with Crippen LogP contribution in [0.5, 0.6) is 0 Å². The molecule has 184 valence electrons. The van der Waals surface area contributed by atoms with Crippen LogP contribution in [0.2, 0.25) is 0 Å². The summed E-state index contributed by atoms with van der Waals surface area (Å²) in [5.74, 6) is -0.0482. The fraction of sp³-hybridized carbons (Fsp3) is 0.483. The molecule has 0 bridgehead atoms. The smallest absolute Gasteiger partial charge is 0.306 e. The number of hydrogen-bond donors (Lipinski definition) is 2. The first-order valence-corrected chi connectivity index (χ1v) is 12.8. The first-order chi connectivity index (χ1) is 16.3. The predicted molar refractivity (Wildman–Crippen MR) is 137 cm³/mol. The number of alkyl halides is 1. The van der Waals surface area contributed by atoms with E-state index in [9.17, 15) is 15.0 Å². The van der Waals surface area contributed by atoms with Crippen molar-refractivity contribution >= 4 is 17.6 Å². The van der Waals surface area contributed by atoms with Crippen LogP contribution in [0.3, 0.4) is 0 Å². The summed E-state index contributed by atoms with van der Waals surface area (Å²) in [5.41, 5.74) is 3.02. The highest BCUT2D eigenvalue weighted by Gasteiger charge is 2.41. The zero-order chi connectivity index (χ0) is 24.5. The van der Waals surface area contributed by atoms with Gasteiger partial charge < -0.3 is 14.9 Å². The van der Waals surface area contributed by atoms with Crippen LogP contribution in [0.4, 0.5) is 0 Å². The SMILES string of the molecule is CC(C)OC(=O)CCCC=CC[C@@H]1[C@@H](c2ccc(C(O)Cc3ccccc3)cc2)[C@H](O)C[C@H]1Cl. The number of aliphatic hydroxyl groups excluding tert-OH is 2. The van der Waals surface area contributed by atoms with Gasteiger partial charge in [0.05, 0.1) is 18.3 Å². The number of rotatable bonds is 11. The van der Waals surface area contributed by atoms with Crippen molar-refractivity contribution in [2.45, 2.75) is 82.0 Å². The molecule has 0 radical (unpaired) electrons.